The Kier molecular flexibility index (Phi) is 5.01. The highest BCUT2D eigenvalue weighted by atomic mass is 19.3. The molecule has 6 nitrogen and oxygen atoms in total. The van der Waals surface area contributed by atoms with E-state index in [1.807, 2.05) is 29.2 Å². The van der Waals surface area contributed by atoms with Crippen LogP contribution in [-0.2, 0) is 4.79 Å². The number of alkyl halides is 2. The first kappa shape index (κ1) is 18.1. The molecule has 0 radical (unpaired) electrons. The molecule has 0 saturated carbocycles. The van der Waals surface area contributed by atoms with Crippen molar-refractivity contribution in [2.24, 2.45) is 0 Å². The second-order valence-electron chi connectivity index (χ2n) is 6.46. The number of hydrogen-bond donors (Lipinski definition) is 1. The molecule has 4 rings (SSSR count). The topological polar surface area (TPSA) is 67.3 Å². The maximum Gasteiger partial charge on any atom is 0.387 e. The van der Waals surface area contributed by atoms with E-state index in [1.54, 1.807) is 0 Å². The molecule has 1 unspecified atom stereocenters. The van der Waals surface area contributed by atoms with Gasteiger partial charge in [-0.15, -0.1) is 0 Å². The number of nitrogens with zero attached hydrogens (tertiary/aromatic N) is 3. The van der Waals surface area contributed by atoms with Gasteiger partial charge in [0.05, 0.1) is 5.52 Å². The Balaban J connectivity index is 1.52. The van der Waals surface area contributed by atoms with Gasteiger partial charge >= 0.3 is 6.61 Å². The molecule has 0 spiro atoms. The number of anilines is 2. The van der Waals surface area contributed by atoms with Crippen LogP contribution in [-0.4, -0.2) is 35.1 Å². The number of nitrogens with one attached hydrogen (secondary N) is 1. The number of halogens is 2. The van der Waals surface area contributed by atoms with Gasteiger partial charge in [0.1, 0.15) is 23.9 Å². The van der Waals surface area contributed by atoms with Crippen molar-refractivity contribution in [1.82, 2.24) is 9.97 Å². The van der Waals surface area contributed by atoms with Gasteiger partial charge in [0.15, 0.2) is 0 Å². The molecule has 1 N–H and O–H groups in total. The Morgan fingerprint density at radius 3 is 2.71 bits per heavy atom. The minimum absolute atomic E-state index is 0.0444. The monoisotopic (exact) mass is 384 g/mol. The van der Waals surface area contributed by atoms with Crippen LogP contribution < -0.4 is 15.0 Å². The van der Waals surface area contributed by atoms with Gasteiger partial charge in [-0.1, -0.05) is 12.1 Å². The number of carbonyl (C=O) groups excluding carboxylic acids is 1. The lowest BCUT2D eigenvalue weighted by molar-refractivity contribution is -0.117. The minimum atomic E-state index is -2.88. The molecule has 2 aromatic carbocycles. The largest absolute Gasteiger partial charge is 0.435 e. The number of aromatic nitrogens is 2. The summed E-state index contributed by atoms with van der Waals surface area (Å²) in [4.78, 5) is 23.5. The van der Waals surface area contributed by atoms with Gasteiger partial charge in [0, 0.05) is 17.6 Å². The molecule has 28 heavy (non-hydrogen) atoms. The third-order valence-electron chi connectivity index (χ3n) is 4.70. The van der Waals surface area contributed by atoms with E-state index < -0.39 is 6.61 Å². The molecule has 1 fully saturated rings. The lowest BCUT2D eigenvalue weighted by Gasteiger charge is -2.25. The van der Waals surface area contributed by atoms with Gasteiger partial charge in [0.25, 0.3) is 0 Å². The normalized spacial score (nSPS) is 16.5. The first-order valence-corrected chi connectivity index (χ1v) is 8.94. The Morgan fingerprint density at radius 2 is 1.93 bits per heavy atom. The molecule has 0 aliphatic carbocycles. The summed E-state index contributed by atoms with van der Waals surface area (Å²) < 4.78 is 28.8. The molecule has 2 heterocycles. The lowest BCUT2D eigenvalue weighted by Crippen LogP contribution is -2.40. The third kappa shape index (κ3) is 3.71. The highest BCUT2D eigenvalue weighted by Gasteiger charge is 2.32. The number of ether oxygens (including phenoxy) is 1. The van der Waals surface area contributed by atoms with Crippen LogP contribution in [0.4, 0.5) is 20.3 Å². The molecule has 1 atom stereocenters. The molecule has 3 aromatic rings. The van der Waals surface area contributed by atoms with Gasteiger partial charge in [0.2, 0.25) is 5.91 Å². The van der Waals surface area contributed by atoms with Crippen molar-refractivity contribution in [3.8, 4) is 5.75 Å². The first-order chi connectivity index (χ1) is 13.6. The van der Waals surface area contributed by atoms with Crippen molar-refractivity contribution >= 4 is 28.3 Å². The van der Waals surface area contributed by atoms with E-state index in [4.69, 9.17) is 0 Å². The molecular formula is C20H18F2N4O2. The fourth-order valence-corrected chi connectivity index (χ4v) is 3.46. The van der Waals surface area contributed by atoms with E-state index in [0.29, 0.717) is 12.1 Å². The predicted octanol–water partition coefficient (Wildman–Crippen LogP) is 3.84. The van der Waals surface area contributed by atoms with E-state index in [1.165, 1.54) is 30.6 Å². The van der Waals surface area contributed by atoms with Crippen LogP contribution in [0.15, 0.2) is 54.9 Å². The summed E-state index contributed by atoms with van der Waals surface area (Å²) in [5.41, 5.74) is 1.35. The Bertz CT molecular complexity index is 976. The molecule has 1 aliphatic rings. The van der Waals surface area contributed by atoms with Gasteiger partial charge < -0.3 is 15.0 Å². The SMILES string of the molecule is O=C(Nc1ccc(OC(F)F)cc1)C1CCCN1c1ncnc2ccccc12. The Hall–Kier alpha value is -3.29. The van der Waals surface area contributed by atoms with Crippen LogP contribution in [0.25, 0.3) is 10.9 Å². The number of carbonyl (C=O) groups is 1. The van der Waals surface area contributed by atoms with E-state index in [-0.39, 0.29) is 17.7 Å². The lowest BCUT2D eigenvalue weighted by atomic mass is 10.1. The minimum Gasteiger partial charge on any atom is -0.435 e. The number of amides is 1. The smallest absolute Gasteiger partial charge is 0.387 e. The van der Waals surface area contributed by atoms with E-state index >= 15 is 0 Å². The van der Waals surface area contributed by atoms with Crippen molar-refractivity contribution < 1.29 is 18.3 Å². The molecule has 144 valence electrons. The fourth-order valence-electron chi connectivity index (χ4n) is 3.46. The van der Waals surface area contributed by atoms with Crippen LogP contribution >= 0.6 is 0 Å². The zero-order valence-corrected chi connectivity index (χ0v) is 14.9. The maximum atomic E-state index is 12.8. The van der Waals surface area contributed by atoms with Gasteiger partial charge in [-0.3, -0.25) is 4.79 Å². The van der Waals surface area contributed by atoms with Crippen LogP contribution in [0.2, 0.25) is 0 Å². The average Bonchev–Trinajstić information content (AvgIpc) is 3.18. The van der Waals surface area contributed by atoms with Crippen LogP contribution in [0.1, 0.15) is 12.8 Å². The standard InChI is InChI=1S/C20H18F2N4O2/c21-20(22)28-14-9-7-13(8-10-14)25-19(27)17-6-3-11-26(17)18-15-4-1-2-5-16(15)23-12-24-18/h1-2,4-5,7-10,12,17,20H,3,6,11H2,(H,25,27). The summed E-state index contributed by atoms with van der Waals surface area (Å²) in [6.07, 6.45) is 3.08. The van der Waals surface area contributed by atoms with Gasteiger partial charge in [-0.2, -0.15) is 8.78 Å². The molecule has 1 aliphatic heterocycles. The van der Waals surface area contributed by atoms with E-state index in [9.17, 15) is 13.6 Å². The van der Waals surface area contributed by atoms with Crippen molar-refractivity contribution in [3.63, 3.8) is 0 Å². The molecule has 8 heteroatoms. The van der Waals surface area contributed by atoms with Crippen molar-refractivity contribution in [1.29, 1.82) is 0 Å². The molecule has 1 saturated heterocycles. The van der Waals surface area contributed by atoms with Crippen LogP contribution in [0, 0.1) is 0 Å². The fraction of sp³-hybridized carbons (Fsp3) is 0.250. The predicted molar refractivity (Wildman–Crippen MR) is 102 cm³/mol. The highest BCUT2D eigenvalue weighted by Crippen LogP contribution is 2.30. The summed E-state index contributed by atoms with van der Waals surface area (Å²) >= 11 is 0. The van der Waals surface area contributed by atoms with Crippen LogP contribution in [0.5, 0.6) is 5.75 Å². The average molecular weight is 384 g/mol. The summed E-state index contributed by atoms with van der Waals surface area (Å²) in [5, 5.41) is 3.75. The quantitative estimate of drug-likeness (QED) is 0.724. The zero-order chi connectivity index (χ0) is 19.5. The van der Waals surface area contributed by atoms with Crippen molar-refractivity contribution in [2.75, 3.05) is 16.8 Å². The molecule has 1 amide bonds. The molecule has 0 bridgehead atoms. The molecule has 1 aromatic heterocycles. The maximum absolute atomic E-state index is 12.8. The second kappa shape index (κ2) is 7.75. The molecular weight excluding hydrogens is 366 g/mol. The first-order valence-electron chi connectivity index (χ1n) is 8.94. The number of para-hydroxylation sites is 1. The zero-order valence-electron chi connectivity index (χ0n) is 14.9. The number of fused-ring (bicyclic) bond motifs is 1. The number of benzene rings is 2. The summed E-state index contributed by atoms with van der Waals surface area (Å²) in [6, 6.07) is 13.2. The van der Waals surface area contributed by atoms with Gasteiger partial charge in [-0.25, -0.2) is 9.97 Å². The van der Waals surface area contributed by atoms with Crippen molar-refractivity contribution in [2.45, 2.75) is 25.5 Å². The van der Waals surface area contributed by atoms with Gasteiger partial charge in [-0.05, 0) is 49.2 Å². The Labute approximate surface area is 160 Å². The summed E-state index contributed by atoms with van der Waals surface area (Å²) in [5.74, 6) is 0.620. The van der Waals surface area contributed by atoms with Crippen LogP contribution in [0.3, 0.4) is 0 Å². The second-order valence-corrected chi connectivity index (χ2v) is 6.46. The number of rotatable bonds is 5. The summed E-state index contributed by atoms with van der Waals surface area (Å²) in [6.45, 7) is -2.16. The van der Waals surface area contributed by atoms with E-state index in [2.05, 4.69) is 20.0 Å². The highest BCUT2D eigenvalue weighted by molar-refractivity contribution is 5.99. The summed E-state index contributed by atoms with van der Waals surface area (Å²) in [7, 11) is 0. The Morgan fingerprint density at radius 1 is 1.14 bits per heavy atom. The van der Waals surface area contributed by atoms with Crippen molar-refractivity contribution in [3.05, 3.63) is 54.9 Å². The number of hydrogen-bond acceptors (Lipinski definition) is 5. The third-order valence-corrected chi connectivity index (χ3v) is 4.70. The van der Waals surface area contributed by atoms with E-state index in [0.717, 1.165) is 29.7 Å².